The Balaban J connectivity index is 1.21. The van der Waals surface area contributed by atoms with Gasteiger partial charge < -0.3 is 18.8 Å². The van der Waals surface area contributed by atoms with Gasteiger partial charge in [-0.05, 0) is 110 Å². The molecule has 0 bridgehead atoms. The molecule has 0 saturated carbocycles. The average molecular weight is 823 g/mol. The Labute approximate surface area is 361 Å². The standard InChI is InChI=1S/C53H50N4O5/c1-5-7-9-17-47(54-61-35(3)58)37-21-27-41(28-22-37)57-51-31-25-39(48(18-10-8-6-2)55-62-36(4)59)33-45(51)46-34-40(26-32-52(46)57)53(60)38-23-29-42(30-24-38)56-49-19-13-11-15-43(49)44-16-12-14-20-50(44)56/h11-16,19-34H,5-10,17-18H2,1-4H3/b54-47+,55-48+. The van der Waals surface area contributed by atoms with E-state index in [2.05, 4.69) is 94.0 Å². The zero-order valence-corrected chi connectivity index (χ0v) is 35.7. The number of benzene rings is 6. The van der Waals surface area contributed by atoms with Crippen LogP contribution in [0, 0.1) is 0 Å². The second-order valence-corrected chi connectivity index (χ2v) is 15.7. The maximum atomic E-state index is 14.4. The molecule has 9 nitrogen and oxygen atoms in total. The molecule has 0 aliphatic heterocycles. The Kier molecular flexibility index (Phi) is 12.5. The monoisotopic (exact) mass is 822 g/mol. The van der Waals surface area contributed by atoms with E-state index in [9.17, 15) is 14.4 Å². The van der Waals surface area contributed by atoms with E-state index in [1.54, 1.807) is 0 Å². The van der Waals surface area contributed by atoms with Gasteiger partial charge in [-0.3, -0.25) is 4.79 Å². The van der Waals surface area contributed by atoms with E-state index in [1.165, 1.54) is 24.6 Å². The maximum Gasteiger partial charge on any atom is 0.331 e. The molecule has 0 fully saturated rings. The molecule has 0 aliphatic rings. The molecule has 2 heterocycles. The van der Waals surface area contributed by atoms with Crippen molar-refractivity contribution in [1.29, 1.82) is 0 Å². The van der Waals surface area contributed by atoms with E-state index in [0.29, 0.717) is 29.7 Å². The first-order valence-corrected chi connectivity index (χ1v) is 21.6. The van der Waals surface area contributed by atoms with Crippen LogP contribution >= 0.6 is 0 Å². The van der Waals surface area contributed by atoms with E-state index >= 15 is 0 Å². The fourth-order valence-corrected chi connectivity index (χ4v) is 8.36. The molecule has 62 heavy (non-hydrogen) atoms. The fraction of sp³-hybridized carbons (Fsp3) is 0.226. The van der Waals surface area contributed by atoms with Crippen molar-refractivity contribution in [3.8, 4) is 11.4 Å². The molecule has 0 radical (unpaired) electrons. The molecule has 6 aromatic carbocycles. The Hall–Kier alpha value is -7.13. The lowest BCUT2D eigenvalue weighted by atomic mass is 9.99. The van der Waals surface area contributed by atoms with E-state index < -0.39 is 11.9 Å². The third-order valence-electron chi connectivity index (χ3n) is 11.4. The molecule has 8 aromatic rings. The Morgan fingerprint density at radius 2 is 0.855 bits per heavy atom. The van der Waals surface area contributed by atoms with Crippen molar-refractivity contribution in [3.05, 3.63) is 156 Å². The summed E-state index contributed by atoms with van der Waals surface area (Å²) in [6.45, 7) is 7.00. The van der Waals surface area contributed by atoms with Gasteiger partial charge in [-0.1, -0.05) is 104 Å². The number of oxime groups is 2. The molecule has 312 valence electrons. The van der Waals surface area contributed by atoms with Crippen molar-refractivity contribution in [2.24, 2.45) is 10.3 Å². The first kappa shape index (κ1) is 41.6. The van der Waals surface area contributed by atoms with Gasteiger partial charge >= 0.3 is 11.9 Å². The van der Waals surface area contributed by atoms with Crippen LogP contribution in [0.2, 0.25) is 0 Å². The molecular weight excluding hydrogens is 773 g/mol. The summed E-state index contributed by atoms with van der Waals surface area (Å²) < 4.78 is 4.43. The van der Waals surface area contributed by atoms with E-state index in [1.807, 2.05) is 72.8 Å². The molecule has 2 aromatic heterocycles. The van der Waals surface area contributed by atoms with Crippen LogP contribution in [0.15, 0.2) is 144 Å². The van der Waals surface area contributed by atoms with E-state index in [0.717, 1.165) is 99.6 Å². The number of carbonyl (C=O) groups is 3. The lowest BCUT2D eigenvalue weighted by Gasteiger charge is -2.11. The molecule has 0 aliphatic carbocycles. The number of carbonyl (C=O) groups excluding carboxylic acids is 3. The van der Waals surface area contributed by atoms with Gasteiger partial charge in [0, 0.05) is 63.5 Å². The minimum absolute atomic E-state index is 0.0820. The molecule has 0 saturated heterocycles. The number of ketones is 1. The first-order chi connectivity index (χ1) is 30.2. The summed E-state index contributed by atoms with van der Waals surface area (Å²) in [5, 5.41) is 12.7. The highest BCUT2D eigenvalue weighted by atomic mass is 16.7. The van der Waals surface area contributed by atoms with Gasteiger partial charge in [0.25, 0.3) is 0 Å². The normalized spacial score (nSPS) is 12.1. The van der Waals surface area contributed by atoms with Crippen LogP contribution in [0.3, 0.4) is 0 Å². The van der Waals surface area contributed by atoms with E-state index in [-0.39, 0.29) is 5.78 Å². The second kappa shape index (κ2) is 18.6. The molecule has 8 rings (SSSR count). The number of fused-ring (bicyclic) bond motifs is 6. The van der Waals surface area contributed by atoms with Crippen LogP contribution < -0.4 is 0 Å². The van der Waals surface area contributed by atoms with Crippen molar-refractivity contribution >= 4 is 72.8 Å². The van der Waals surface area contributed by atoms with Gasteiger partial charge in [-0.15, -0.1) is 0 Å². The van der Waals surface area contributed by atoms with Crippen molar-refractivity contribution in [1.82, 2.24) is 9.13 Å². The number of aromatic nitrogens is 2. The van der Waals surface area contributed by atoms with Crippen LogP contribution in [0.4, 0.5) is 0 Å². The largest absolute Gasteiger partial charge is 0.331 e. The van der Waals surface area contributed by atoms with Crippen LogP contribution in [-0.4, -0.2) is 38.3 Å². The van der Waals surface area contributed by atoms with Crippen molar-refractivity contribution < 1.29 is 24.1 Å². The number of hydrogen-bond acceptors (Lipinski definition) is 7. The molecule has 0 unspecified atom stereocenters. The third kappa shape index (κ3) is 8.57. The summed E-state index contributed by atoms with van der Waals surface area (Å²) in [5.74, 6) is -1.02. The topological polar surface area (TPSA) is 104 Å². The number of rotatable bonds is 16. The molecule has 0 atom stereocenters. The fourth-order valence-electron chi connectivity index (χ4n) is 8.36. The summed E-state index contributed by atoms with van der Waals surface area (Å²) in [5.41, 5.74) is 10.3. The lowest BCUT2D eigenvalue weighted by molar-refractivity contribution is -0.141. The molecule has 0 spiro atoms. The quantitative estimate of drug-likeness (QED) is 0.0317. The average Bonchev–Trinajstić information content (AvgIpc) is 3.80. The third-order valence-corrected chi connectivity index (χ3v) is 11.4. The second-order valence-electron chi connectivity index (χ2n) is 15.7. The lowest BCUT2D eigenvalue weighted by Crippen LogP contribution is -2.05. The van der Waals surface area contributed by atoms with Gasteiger partial charge in [-0.2, -0.15) is 0 Å². The highest BCUT2D eigenvalue weighted by Gasteiger charge is 2.19. The summed E-state index contributed by atoms with van der Waals surface area (Å²) in [4.78, 5) is 48.2. The zero-order chi connectivity index (χ0) is 43.2. The minimum Gasteiger partial charge on any atom is -0.318 e. The van der Waals surface area contributed by atoms with Crippen molar-refractivity contribution in [2.45, 2.75) is 79.1 Å². The smallest absolute Gasteiger partial charge is 0.318 e. The molecule has 9 heteroatoms. The van der Waals surface area contributed by atoms with Gasteiger partial charge in [0.15, 0.2) is 5.78 Å². The zero-order valence-electron chi connectivity index (χ0n) is 35.7. The predicted octanol–water partition coefficient (Wildman–Crippen LogP) is 12.8. The minimum atomic E-state index is -0.475. The highest BCUT2D eigenvalue weighted by Crippen LogP contribution is 2.36. The SMILES string of the molecule is CCCCC/C(=N\OC(C)=O)c1ccc(-n2c3ccc(C(=O)c4ccc(-n5c6ccccc6c6ccccc65)cc4)cc3c3cc(/C(CCCCC)=N/OC(C)=O)ccc32)cc1. The predicted molar refractivity (Wildman–Crippen MR) is 250 cm³/mol. The number of nitrogens with zero attached hydrogens (tertiary/aromatic N) is 4. The first-order valence-electron chi connectivity index (χ1n) is 21.6. The van der Waals surface area contributed by atoms with Gasteiger partial charge in [-0.25, -0.2) is 9.59 Å². The van der Waals surface area contributed by atoms with Crippen LogP contribution in [-0.2, 0) is 19.3 Å². The number of unbranched alkanes of at least 4 members (excludes halogenated alkanes) is 4. The van der Waals surface area contributed by atoms with Gasteiger partial charge in [0.2, 0.25) is 0 Å². The summed E-state index contributed by atoms with van der Waals surface area (Å²) in [6, 6.07) is 44.8. The van der Waals surface area contributed by atoms with E-state index in [4.69, 9.17) is 9.68 Å². The van der Waals surface area contributed by atoms with Crippen LogP contribution in [0.1, 0.15) is 106 Å². The molecule has 0 amide bonds. The summed E-state index contributed by atoms with van der Waals surface area (Å²) >= 11 is 0. The van der Waals surface area contributed by atoms with Crippen LogP contribution in [0.5, 0.6) is 0 Å². The number of hydrogen-bond donors (Lipinski definition) is 0. The van der Waals surface area contributed by atoms with Crippen LogP contribution in [0.25, 0.3) is 55.0 Å². The Bertz CT molecular complexity index is 2950. The maximum absolute atomic E-state index is 14.4. The Morgan fingerprint density at radius 3 is 1.34 bits per heavy atom. The molecular formula is C53H50N4O5. The van der Waals surface area contributed by atoms with Crippen molar-refractivity contribution in [2.75, 3.05) is 0 Å². The van der Waals surface area contributed by atoms with Gasteiger partial charge in [0.05, 0.1) is 33.5 Å². The summed E-state index contributed by atoms with van der Waals surface area (Å²) in [7, 11) is 0. The summed E-state index contributed by atoms with van der Waals surface area (Å²) in [6.07, 6.45) is 7.35. The Morgan fingerprint density at radius 1 is 0.452 bits per heavy atom. The van der Waals surface area contributed by atoms with Gasteiger partial charge in [0.1, 0.15) is 0 Å². The molecule has 0 N–H and O–H groups in total. The highest BCUT2D eigenvalue weighted by molar-refractivity contribution is 6.17. The number of para-hydroxylation sites is 2. The van der Waals surface area contributed by atoms with Crippen molar-refractivity contribution in [3.63, 3.8) is 0 Å².